The van der Waals surface area contributed by atoms with Crippen molar-refractivity contribution in [3.8, 4) is 5.75 Å². The Bertz CT molecular complexity index is 527. The number of benzene rings is 1. The number of nitrogens with one attached hydrogen (secondary N) is 1. The summed E-state index contributed by atoms with van der Waals surface area (Å²) in [5.41, 5.74) is 6.59. The number of hydrogen-bond donors (Lipinski definition) is 2. The van der Waals surface area contributed by atoms with Crippen molar-refractivity contribution in [3.63, 3.8) is 0 Å². The highest BCUT2D eigenvalue weighted by atomic mass is 32.1. The van der Waals surface area contributed by atoms with Crippen molar-refractivity contribution in [2.24, 2.45) is 0 Å². The molecule has 0 aliphatic heterocycles. The predicted molar refractivity (Wildman–Crippen MR) is 65.3 cm³/mol. The number of carbonyl (C=O) groups excluding carboxylic acids is 1. The van der Waals surface area contributed by atoms with Crippen LogP contribution in [-0.2, 0) is 0 Å². The monoisotopic (exact) mass is 250 g/mol. The number of rotatable bonds is 3. The van der Waals surface area contributed by atoms with Crippen molar-refractivity contribution in [1.82, 2.24) is 9.59 Å². The van der Waals surface area contributed by atoms with E-state index in [1.165, 1.54) is 13.3 Å². The highest BCUT2D eigenvalue weighted by Gasteiger charge is 2.09. The number of ether oxygens (including phenoxy) is 1. The molecular weight excluding hydrogens is 240 g/mol. The number of nitrogens with zero attached hydrogens (tertiary/aromatic N) is 2. The van der Waals surface area contributed by atoms with Crippen LogP contribution < -0.4 is 15.8 Å². The van der Waals surface area contributed by atoms with Crippen LogP contribution in [0.5, 0.6) is 5.75 Å². The van der Waals surface area contributed by atoms with Gasteiger partial charge in [-0.2, -0.15) is 0 Å². The normalized spacial score (nSPS) is 9.94. The van der Waals surface area contributed by atoms with E-state index in [4.69, 9.17) is 10.5 Å². The highest BCUT2D eigenvalue weighted by molar-refractivity contribution is 7.10. The SMILES string of the molecule is COc1ccc(C(=O)Nc2cnns2)cc1N. The molecule has 0 saturated carbocycles. The molecule has 0 atom stereocenters. The van der Waals surface area contributed by atoms with Crippen LogP contribution >= 0.6 is 11.5 Å². The van der Waals surface area contributed by atoms with Crippen LogP contribution in [0, 0.1) is 0 Å². The number of amides is 1. The lowest BCUT2D eigenvalue weighted by Crippen LogP contribution is -2.11. The van der Waals surface area contributed by atoms with E-state index in [2.05, 4.69) is 14.9 Å². The Labute approximate surface area is 102 Å². The largest absolute Gasteiger partial charge is 0.495 e. The lowest BCUT2D eigenvalue weighted by atomic mass is 10.2. The summed E-state index contributed by atoms with van der Waals surface area (Å²) in [7, 11) is 1.52. The molecule has 6 nitrogen and oxygen atoms in total. The summed E-state index contributed by atoms with van der Waals surface area (Å²) >= 11 is 1.11. The Morgan fingerprint density at radius 3 is 2.94 bits per heavy atom. The molecule has 0 radical (unpaired) electrons. The van der Waals surface area contributed by atoms with Crippen LogP contribution in [0.25, 0.3) is 0 Å². The lowest BCUT2D eigenvalue weighted by Gasteiger charge is -2.06. The predicted octanol–water partition coefficient (Wildman–Crippen LogP) is 1.38. The first-order chi connectivity index (χ1) is 8.20. The van der Waals surface area contributed by atoms with Gasteiger partial charge in [0.1, 0.15) is 10.8 Å². The number of aromatic nitrogens is 2. The Kier molecular flexibility index (Phi) is 3.20. The molecule has 1 aromatic carbocycles. The fourth-order valence-corrected chi connectivity index (χ4v) is 1.70. The van der Waals surface area contributed by atoms with Gasteiger partial charge in [-0.15, -0.1) is 5.10 Å². The first kappa shape index (κ1) is 11.3. The molecule has 0 bridgehead atoms. The van der Waals surface area contributed by atoms with Gasteiger partial charge in [-0.25, -0.2) is 0 Å². The van der Waals surface area contributed by atoms with Crippen molar-refractivity contribution in [2.45, 2.75) is 0 Å². The van der Waals surface area contributed by atoms with E-state index in [1.807, 2.05) is 0 Å². The number of hydrogen-bond acceptors (Lipinski definition) is 6. The van der Waals surface area contributed by atoms with Crippen LogP contribution in [0.3, 0.4) is 0 Å². The molecule has 1 amide bonds. The zero-order valence-corrected chi connectivity index (χ0v) is 9.82. The Morgan fingerprint density at radius 2 is 2.35 bits per heavy atom. The van der Waals surface area contributed by atoms with Crippen LogP contribution in [0.2, 0.25) is 0 Å². The van der Waals surface area contributed by atoms with E-state index in [-0.39, 0.29) is 5.91 Å². The average molecular weight is 250 g/mol. The fraction of sp³-hybridized carbons (Fsp3) is 0.100. The van der Waals surface area contributed by atoms with Crippen LogP contribution in [-0.4, -0.2) is 22.6 Å². The fourth-order valence-electron chi connectivity index (χ4n) is 1.28. The molecule has 88 valence electrons. The minimum absolute atomic E-state index is 0.259. The van der Waals surface area contributed by atoms with Crippen LogP contribution in [0.4, 0.5) is 10.7 Å². The van der Waals surface area contributed by atoms with Gasteiger partial charge in [-0.1, -0.05) is 4.49 Å². The average Bonchev–Trinajstić information content (AvgIpc) is 2.81. The number of anilines is 2. The van der Waals surface area contributed by atoms with E-state index in [9.17, 15) is 4.79 Å². The van der Waals surface area contributed by atoms with Gasteiger partial charge in [-0.05, 0) is 18.2 Å². The molecule has 0 spiro atoms. The summed E-state index contributed by atoms with van der Waals surface area (Å²) in [4.78, 5) is 11.8. The molecule has 17 heavy (non-hydrogen) atoms. The first-order valence-electron chi connectivity index (χ1n) is 4.73. The third kappa shape index (κ3) is 2.51. The van der Waals surface area contributed by atoms with E-state index >= 15 is 0 Å². The molecule has 0 fully saturated rings. The van der Waals surface area contributed by atoms with E-state index < -0.39 is 0 Å². The molecule has 0 aliphatic rings. The minimum atomic E-state index is -0.259. The van der Waals surface area contributed by atoms with Gasteiger partial charge in [0.05, 0.1) is 19.0 Å². The molecule has 2 aromatic rings. The lowest BCUT2D eigenvalue weighted by molar-refractivity contribution is 0.102. The maximum absolute atomic E-state index is 11.8. The summed E-state index contributed by atoms with van der Waals surface area (Å²) < 4.78 is 8.66. The standard InChI is InChI=1S/C10H10N4O2S/c1-16-8-3-2-6(4-7(8)11)10(15)13-9-5-12-14-17-9/h2-5H,11H2,1H3,(H,13,15). The highest BCUT2D eigenvalue weighted by Crippen LogP contribution is 2.22. The van der Waals surface area contributed by atoms with Crippen molar-refractivity contribution in [3.05, 3.63) is 30.0 Å². The molecule has 1 aromatic heterocycles. The van der Waals surface area contributed by atoms with Gasteiger partial charge < -0.3 is 15.8 Å². The Balaban J connectivity index is 2.17. The zero-order chi connectivity index (χ0) is 12.3. The second-order valence-corrected chi connectivity index (χ2v) is 3.98. The van der Waals surface area contributed by atoms with E-state index in [0.717, 1.165) is 11.5 Å². The maximum Gasteiger partial charge on any atom is 0.256 e. The summed E-state index contributed by atoms with van der Waals surface area (Å²) in [5.74, 6) is 0.284. The smallest absolute Gasteiger partial charge is 0.256 e. The molecule has 3 N–H and O–H groups in total. The number of nitrogen functional groups attached to an aromatic ring is 1. The minimum Gasteiger partial charge on any atom is -0.495 e. The number of methoxy groups -OCH3 is 1. The van der Waals surface area contributed by atoms with Gasteiger partial charge in [0.25, 0.3) is 5.91 Å². The Hall–Kier alpha value is -2.15. The van der Waals surface area contributed by atoms with Crippen molar-refractivity contribution < 1.29 is 9.53 Å². The third-order valence-electron chi connectivity index (χ3n) is 2.09. The second kappa shape index (κ2) is 4.79. The van der Waals surface area contributed by atoms with Gasteiger partial charge in [0.2, 0.25) is 0 Å². The third-order valence-corrected chi connectivity index (χ3v) is 2.67. The summed E-state index contributed by atoms with van der Waals surface area (Å²) in [6, 6.07) is 4.84. The Morgan fingerprint density at radius 1 is 1.53 bits per heavy atom. The summed E-state index contributed by atoms with van der Waals surface area (Å²) in [6.07, 6.45) is 1.48. The van der Waals surface area contributed by atoms with Crippen LogP contribution in [0.1, 0.15) is 10.4 Å². The van der Waals surface area contributed by atoms with E-state index in [0.29, 0.717) is 22.0 Å². The summed E-state index contributed by atoms with van der Waals surface area (Å²) in [6.45, 7) is 0. The van der Waals surface area contributed by atoms with Crippen molar-refractivity contribution in [1.29, 1.82) is 0 Å². The molecule has 0 aliphatic carbocycles. The topological polar surface area (TPSA) is 90.1 Å². The summed E-state index contributed by atoms with van der Waals surface area (Å²) in [5, 5.41) is 6.87. The van der Waals surface area contributed by atoms with Crippen LogP contribution in [0.15, 0.2) is 24.4 Å². The van der Waals surface area contributed by atoms with Crippen molar-refractivity contribution >= 4 is 28.1 Å². The van der Waals surface area contributed by atoms with Gasteiger partial charge in [0, 0.05) is 17.1 Å². The molecule has 1 heterocycles. The molecule has 7 heteroatoms. The molecular formula is C10H10N4O2S. The van der Waals surface area contributed by atoms with Gasteiger partial charge in [-0.3, -0.25) is 4.79 Å². The van der Waals surface area contributed by atoms with Gasteiger partial charge in [0.15, 0.2) is 0 Å². The first-order valence-corrected chi connectivity index (χ1v) is 5.50. The van der Waals surface area contributed by atoms with Gasteiger partial charge >= 0.3 is 0 Å². The molecule has 0 saturated heterocycles. The number of carbonyl (C=O) groups is 1. The zero-order valence-electron chi connectivity index (χ0n) is 9.01. The molecule has 0 unspecified atom stereocenters. The van der Waals surface area contributed by atoms with Crippen molar-refractivity contribution in [2.75, 3.05) is 18.2 Å². The molecule has 2 rings (SSSR count). The quantitative estimate of drug-likeness (QED) is 0.803. The van der Waals surface area contributed by atoms with E-state index in [1.54, 1.807) is 18.2 Å². The second-order valence-electron chi connectivity index (χ2n) is 3.19. The maximum atomic E-state index is 11.8. The number of nitrogens with two attached hydrogens (primary N) is 1.